The largest absolute Gasteiger partial charge is 0.484 e. The van der Waals surface area contributed by atoms with Gasteiger partial charge in [-0.2, -0.15) is 0 Å². The fourth-order valence-electron chi connectivity index (χ4n) is 3.80. The summed E-state index contributed by atoms with van der Waals surface area (Å²) in [6, 6.07) is 7.04. The smallest absolute Gasteiger partial charge is 0.325 e. The van der Waals surface area contributed by atoms with Gasteiger partial charge >= 0.3 is 6.03 Å². The van der Waals surface area contributed by atoms with Crippen LogP contribution < -0.4 is 20.9 Å². The third-order valence-electron chi connectivity index (χ3n) is 5.53. The summed E-state index contributed by atoms with van der Waals surface area (Å²) in [5, 5.41) is 2.81. The van der Waals surface area contributed by atoms with Gasteiger partial charge in [0.1, 0.15) is 11.3 Å². The lowest BCUT2D eigenvalue weighted by molar-refractivity contribution is -0.131. The summed E-state index contributed by atoms with van der Waals surface area (Å²) in [7, 11) is 0. The molecule has 162 valence electrons. The molecule has 9 heteroatoms. The molecule has 1 aromatic carbocycles. The van der Waals surface area contributed by atoms with Crippen LogP contribution in [0.4, 0.5) is 4.79 Å². The highest BCUT2D eigenvalue weighted by molar-refractivity contribution is 6.07. The molecule has 1 saturated heterocycles. The quantitative estimate of drug-likeness (QED) is 0.438. The van der Waals surface area contributed by atoms with E-state index in [1.165, 1.54) is 10.5 Å². The van der Waals surface area contributed by atoms with Gasteiger partial charge in [0, 0.05) is 13.0 Å². The van der Waals surface area contributed by atoms with E-state index in [0.717, 1.165) is 19.3 Å². The first-order chi connectivity index (χ1) is 14.4. The van der Waals surface area contributed by atoms with Crippen molar-refractivity contribution in [1.82, 2.24) is 21.1 Å². The van der Waals surface area contributed by atoms with Crippen molar-refractivity contribution in [3.63, 3.8) is 0 Å². The summed E-state index contributed by atoms with van der Waals surface area (Å²) < 4.78 is 5.37. The number of urea groups is 1. The molecular formula is C21H28N4O5. The normalized spacial score (nSPS) is 17.2. The molecule has 2 aliphatic rings. The van der Waals surface area contributed by atoms with Crippen LogP contribution in [0.25, 0.3) is 0 Å². The first kappa shape index (κ1) is 21.6. The average Bonchev–Trinajstić information content (AvgIpc) is 3.31. The van der Waals surface area contributed by atoms with Gasteiger partial charge in [-0.15, -0.1) is 0 Å². The molecule has 5 amide bonds. The summed E-state index contributed by atoms with van der Waals surface area (Å²) in [5.41, 5.74) is 5.04. The number of ether oxygens (including phenoxy) is 1. The van der Waals surface area contributed by atoms with Crippen molar-refractivity contribution < 1.29 is 23.9 Å². The van der Waals surface area contributed by atoms with Crippen molar-refractivity contribution in [3.05, 3.63) is 29.8 Å². The number of carbonyl (C=O) groups is 4. The molecule has 1 heterocycles. The van der Waals surface area contributed by atoms with Crippen LogP contribution in [0.2, 0.25) is 0 Å². The van der Waals surface area contributed by atoms with Crippen LogP contribution >= 0.6 is 0 Å². The zero-order valence-corrected chi connectivity index (χ0v) is 17.2. The van der Waals surface area contributed by atoms with Crippen LogP contribution in [0.5, 0.6) is 5.75 Å². The molecule has 0 unspecified atom stereocenters. The minimum Gasteiger partial charge on any atom is -0.484 e. The lowest BCUT2D eigenvalue weighted by Crippen LogP contribution is -2.44. The zero-order valence-electron chi connectivity index (χ0n) is 17.2. The standard InChI is InChI=1S/C21H28N4O5/c1-2-15-7-9-16(10-8-15)30-14-18(27)24-23-17(26)6-5-13-25-19(28)21(22-20(25)29)11-3-4-12-21/h7-10H,2-6,11-14H2,1H3,(H,22,29)(H,23,26)(H,24,27). The lowest BCUT2D eigenvalue weighted by atomic mass is 9.98. The van der Waals surface area contributed by atoms with E-state index >= 15 is 0 Å². The number of aryl methyl sites for hydroxylation is 1. The number of hydrogen-bond donors (Lipinski definition) is 3. The summed E-state index contributed by atoms with van der Waals surface area (Å²) in [6.45, 7) is 2.00. The van der Waals surface area contributed by atoms with E-state index in [1.807, 2.05) is 12.1 Å². The number of nitrogens with one attached hydrogen (secondary N) is 3. The van der Waals surface area contributed by atoms with E-state index in [4.69, 9.17) is 4.74 Å². The van der Waals surface area contributed by atoms with E-state index < -0.39 is 17.4 Å². The van der Waals surface area contributed by atoms with Gasteiger partial charge in [0.2, 0.25) is 5.91 Å². The predicted octanol–water partition coefficient (Wildman–Crippen LogP) is 1.42. The molecule has 1 aliphatic heterocycles. The van der Waals surface area contributed by atoms with Gasteiger partial charge in [-0.05, 0) is 43.4 Å². The molecule has 0 bridgehead atoms. The molecular weight excluding hydrogens is 388 g/mol. The third kappa shape index (κ3) is 5.08. The van der Waals surface area contributed by atoms with Crippen molar-refractivity contribution in [2.45, 2.75) is 57.4 Å². The van der Waals surface area contributed by atoms with Gasteiger partial charge in [0.15, 0.2) is 6.61 Å². The Balaban J connectivity index is 1.32. The van der Waals surface area contributed by atoms with E-state index in [-0.39, 0.29) is 31.5 Å². The molecule has 1 spiro atoms. The molecule has 2 fully saturated rings. The van der Waals surface area contributed by atoms with Gasteiger partial charge in [-0.25, -0.2) is 4.79 Å². The molecule has 1 aromatic rings. The maximum atomic E-state index is 12.5. The van der Waals surface area contributed by atoms with Gasteiger partial charge in [0.25, 0.3) is 11.8 Å². The number of carbonyl (C=O) groups excluding carboxylic acids is 4. The van der Waals surface area contributed by atoms with Crippen LogP contribution in [-0.4, -0.2) is 47.3 Å². The first-order valence-corrected chi connectivity index (χ1v) is 10.4. The van der Waals surface area contributed by atoms with E-state index in [2.05, 4.69) is 23.1 Å². The van der Waals surface area contributed by atoms with Crippen molar-refractivity contribution in [3.8, 4) is 5.75 Å². The average molecular weight is 416 g/mol. The second-order valence-electron chi connectivity index (χ2n) is 7.66. The minimum atomic E-state index is -0.732. The Kier molecular flexibility index (Phi) is 6.91. The zero-order chi connectivity index (χ0) is 21.6. The van der Waals surface area contributed by atoms with E-state index in [0.29, 0.717) is 25.0 Å². The molecule has 9 nitrogen and oxygen atoms in total. The predicted molar refractivity (Wildman–Crippen MR) is 108 cm³/mol. The molecule has 0 aromatic heterocycles. The molecule has 0 atom stereocenters. The Morgan fingerprint density at radius 2 is 1.77 bits per heavy atom. The second kappa shape index (κ2) is 9.60. The van der Waals surface area contributed by atoms with Crippen molar-refractivity contribution in [2.24, 2.45) is 0 Å². The van der Waals surface area contributed by atoms with Gasteiger partial charge in [-0.3, -0.25) is 30.1 Å². The molecule has 0 radical (unpaired) electrons. The maximum absolute atomic E-state index is 12.5. The second-order valence-corrected chi connectivity index (χ2v) is 7.66. The Hall–Kier alpha value is -3.10. The molecule has 3 N–H and O–H groups in total. The highest BCUT2D eigenvalue weighted by Gasteiger charge is 2.51. The minimum absolute atomic E-state index is 0.0731. The lowest BCUT2D eigenvalue weighted by Gasteiger charge is -2.19. The number of amides is 5. The summed E-state index contributed by atoms with van der Waals surface area (Å²) in [6.07, 6.45) is 4.51. The van der Waals surface area contributed by atoms with Gasteiger partial charge in [-0.1, -0.05) is 31.9 Å². The van der Waals surface area contributed by atoms with Crippen molar-refractivity contribution >= 4 is 23.8 Å². The number of imide groups is 1. The monoisotopic (exact) mass is 416 g/mol. The number of hydrogen-bond acceptors (Lipinski definition) is 5. The van der Waals surface area contributed by atoms with Gasteiger partial charge in [0.05, 0.1) is 0 Å². The van der Waals surface area contributed by atoms with E-state index in [1.54, 1.807) is 12.1 Å². The Morgan fingerprint density at radius 1 is 1.10 bits per heavy atom. The highest BCUT2D eigenvalue weighted by atomic mass is 16.5. The molecule has 1 aliphatic carbocycles. The maximum Gasteiger partial charge on any atom is 0.325 e. The highest BCUT2D eigenvalue weighted by Crippen LogP contribution is 2.35. The molecule has 3 rings (SSSR count). The van der Waals surface area contributed by atoms with E-state index in [9.17, 15) is 19.2 Å². The summed E-state index contributed by atoms with van der Waals surface area (Å²) in [4.78, 5) is 49.5. The number of benzene rings is 1. The Labute approximate surface area is 175 Å². The third-order valence-corrected chi connectivity index (χ3v) is 5.53. The fourth-order valence-corrected chi connectivity index (χ4v) is 3.80. The van der Waals surface area contributed by atoms with Crippen molar-refractivity contribution in [1.29, 1.82) is 0 Å². The Morgan fingerprint density at radius 3 is 2.43 bits per heavy atom. The Bertz CT molecular complexity index is 802. The SMILES string of the molecule is CCc1ccc(OCC(=O)NNC(=O)CCCN2C(=O)NC3(CCCC3)C2=O)cc1. The van der Waals surface area contributed by atoms with Crippen LogP contribution in [0.1, 0.15) is 51.0 Å². The summed E-state index contributed by atoms with van der Waals surface area (Å²) in [5.74, 6) is -0.511. The number of rotatable bonds is 8. The fraction of sp³-hybridized carbons (Fsp3) is 0.524. The van der Waals surface area contributed by atoms with Crippen LogP contribution in [0, 0.1) is 0 Å². The van der Waals surface area contributed by atoms with Crippen LogP contribution in [0.15, 0.2) is 24.3 Å². The molecule has 1 saturated carbocycles. The first-order valence-electron chi connectivity index (χ1n) is 10.4. The molecule has 30 heavy (non-hydrogen) atoms. The number of nitrogens with zero attached hydrogens (tertiary/aromatic N) is 1. The van der Waals surface area contributed by atoms with Crippen LogP contribution in [-0.2, 0) is 20.8 Å². The summed E-state index contributed by atoms with van der Waals surface area (Å²) >= 11 is 0. The van der Waals surface area contributed by atoms with Gasteiger partial charge < -0.3 is 10.1 Å². The topological polar surface area (TPSA) is 117 Å². The van der Waals surface area contributed by atoms with Crippen molar-refractivity contribution in [2.75, 3.05) is 13.2 Å². The number of hydrazine groups is 1. The van der Waals surface area contributed by atoms with Crippen LogP contribution in [0.3, 0.4) is 0 Å².